The van der Waals surface area contributed by atoms with Gasteiger partial charge in [-0.2, -0.15) is 0 Å². The quantitative estimate of drug-likeness (QED) is 0.172. The molecule has 0 aliphatic carbocycles. The molecule has 0 bridgehead atoms. The van der Waals surface area contributed by atoms with Crippen LogP contribution in [0, 0.1) is 3.57 Å². The van der Waals surface area contributed by atoms with Crippen LogP contribution in [0.2, 0.25) is 0 Å². The molecule has 0 aliphatic heterocycles. The Bertz CT molecular complexity index is 1650. The van der Waals surface area contributed by atoms with E-state index in [9.17, 15) is 0 Å². The van der Waals surface area contributed by atoms with Crippen LogP contribution in [0.1, 0.15) is 0 Å². The Labute approximate surface area is 218 Å². The minimum Gasteiger partial charge on any atom is -0.308 e. The maximum atomic E-state index is 4.06. The number of halogens is 2. The Hall–Kier alpha value is -3.09. The summed E-state index contributed by atoms with van der Waals surface area (Å²) in [4.78, 5) is 0. The molecule has 0 fully saturated rings. The standard InChI is InChI=1S/C30H18BrIN2/c31-30-28(33-24-13-5-1-9-20(24)21-10-2-6-14-25(21)33)17-19(32)18-29(30)34-26-15-7-3-11-22(26)23-12-4-8-16-27(23)34/h1-18H. The van der Waals surface area contributed by atoms with Crippen LogP contribution in [0.5, 0.6) is 0 Å². The number of benzene rings is 5. The van der Waals surface area contributed by atoms with E-state index in [1.807, 2.05) is 0 Å². The molecule has 2 aromatic heterocycles. The van der Waals surface area contributed by atoms with Gasteiger partial charge in [-0.05, 0) is 74.9 Å². The highest BCUT2D eigenvalue weighted by Crippen LogP contribution is 2.40. The molecule has 34 heavy (non-hydrogen) atoms. The Morgan fingerprint density at radius 2 is 0.765 bits per heavy atom. The number of hydrogen-bond donors (Lipinski definition) is 0. The first-order chi connectivity index (χ1) is 16.7. The average molecular weight is 613 g/mol. The summed E-state index contributed by atoms with van der Waals surface area (Å²) in [6, 6.07) is 39.2. The second kappa shape index (κ2) is 7.72. The van der Waals surface area contributed by atoms with E-state index < -0.39 is 0 Å². The van der Waals surface area contributed by atoms with E-state index in [-0.39, 0.29) is 0 Å². The van der Waals surface area contributed by atoms with Gasteiger partial charge in [-0.25, -0.2) is 0 Å². The highest BCUT2D eigenvalue weighted by Gasteiger charge is 2.19. The highest BCUT2D eigenvalue weighted by atomic mass is 127. The minimum absolute atomic E-state index is 1.07. The molecule has 0 unspecified atom stereocenters. The first-order valence-electron chi connectivity index (χ1n) is 11.2. The van der Waals surface area contributed by atoms with Crippen molar-refractivity contribution in [3.63, 3.8) is 0 Å². The summed E-state index contributed by atoms with van der Waals surface area (Å²) >= 11 is 6.50. The maximum Gasteiger partial charge on any atom is 0.0657 e. The summed E-state index contributed by atoms with van der Waals surface area (Å²) in [6.07, 6.45) is 0. The fraction of sp³-hybridized carbons (Fsp3) is 0. The Kier molecular flexibility index (Phi) is 4.61. The molecule has 5 aromatic carbocycles. The van der Waals surface area contributed by atoms with E-state index in [4.69, 9.17) is 0 Å². The molecular formula is C30H18BrIN2. The lowest BCUT2D eigenvalue weighted by Gasteiger charge is -2.17. The molecule has 0 amide bonds. The predicted molar refractivity (Wildman–Crippen MR) is 156 cm³/mol. The second-order valence-corrected chi connectivity index (χ2v) is 10.5. The molecule has 0 aliphatic rings. The van der Waals surface area contributed by atoms with Gasteiger partial charge in [0.05, 0.1) is 37.9 Å². The SMILES string of the molecule is Brc1c(-n2c3ccccc3c3ccccc32)cc(I)cc1-n1c2ccccc2c2ccccc21. The zero-order chi connectivity index (χ0) is 22.8. The van der Waals surface area contributed by atoms with Gasteiger partial charge in [0.15, 0.2) is 0 Å². The van der Waals surface area contributed by atoms with E-state index in [0.717, 1.165) is 15.8 Å². The van der Waals surface area contributed by atoms with Crippen molar-refractivity contribution in [3.8, 4) is 11.4 Å². The third-order valence-electron chi connectivity index (χ3n) is 6.64. The van der Waals surface area contributed by atoms with Gasteiger partial charge in [-0.15, -0.1) is 0 Å². The Morgan fingerprint density at radius 1 is 0.471 bits per heavy atom. The number of para-hydroxylation sites is 4. The Balaban J connectivity index is 1.62. The van der Waals surface area contributed by atoms with Gasteiger partial charge >= 0.3 is 0 Å². The third-order valence-corrected chi connectivity index (χ3v) is 8.08. The van der Waals surface area contributed by atoms with Gasteiger partial charge in [-0.1, -0.05) is 72.8 Å². The van der Waals surface area contributed by atoms with Crippen LogP contribution >= 0.6 is 38.5 Å². The molecular weight excluding hydrogens is 595 g/mol. The molecule has 2 heterocycles. The van der Waals surface area contributed by atoms with Crippen LogP contribution in [0.15, 0.2) is 114 Å². The lowest BCUT2D eigenvalue weighted by Crippen LogP contribution is -2.02. The minimum atomic E-state index is 1.07. The van der Waals surface area contributed by atoms with Crippen molar-refractivity contribution in [1.82, 2.24) is 9.13 Å². The predicted octanol–water partition coefficient (Wildman–Crippen LogP) is 9.25. The van der Waals surface area contributed by atoms with Crippen LogP contribution in [0.25, 0.3) is 55.0 Å². The van der Waals surface area contributed by atoms with Crippen molar-refractivity contribution >= 4 is 82.1 Å². The number of nitrogens with zero attached hydrogens (tertiary/aromatic N) is 2. The molecule has 0 N–H and O–H groups in total. The summed E-state index contributed by atoms with van der Waals surface area (Å²) in [7, 11) is 0. The maximum absolute atomic E-state index is 4.06. The van der Waals surface area contributed by atoms with Crippen LogP contribution in [0.3, 0.4) is 0 Å². The molecule has 0 saturated heterocycles. The monoisotopic (exact) mass is 612 g/mol. The number of hydrogen-bond acceptors (Lipinski definition) is 0. The van der Waals surface area contributed by atoms with Crippen molar-refractivity contribution in [2.24, 2.45) is 0 Å². The molecule has 162 valence electrons. The molecule has 7 aromatic rings. The van der Waals surface area contributed by atoms with E-state index in [2.05, 4.69) is 157 Å². The summed E-state index contributed by atoms with van der Waals surface area (Å²) in [5.74, 6) is 0. The normalized spacial score (nSPS) is 11.8. The van der Waals surface area contributed by atoms with Crippen molar-refractivity contribution in [2.75, 3.05) is 0 Å². The van der Waals surface area contributed by atoms with Gasteiger partial charge in [0.1, 0.15) is 0 Å². The first kappa shape index (κ1) is 20.3. The molecule has 0 radical (unpaired) electrons. The van der Waals surface area contributed by atoms with E-state index >= 15 is 0 Å². The highest BCUT2D eigenvalue weighted by molar-refractivity contribution is 14.1. The molecule has 2 nitrogen and oxygen atoms in total. The average Bonchev–Trinajstić information content (AvgIpc) is 3.39. The van der Waals surface area contributed by atoms with Gasteiger partial charge in [0.2, 0.25) is 0 Å². The van der Waals surface area contributed by atoms with Gasteiger partial charge < -0.3 is 9.13 Å². The van der Waals surface area contributed by atoms with Crippen LogP contribution < -0.4 is 0 Å². The van der Waals surface area contributed by atoms with Crippen molar-refractivity contribution in [1.29, 1.82) is 0 Å². The topological polar surface area (TPSA) is 9.86 Å². The number of rotatable bonds is 2. The van der Waals surface area contributed by atoms with Gasteiger partial charge in [0.25, 0.3) is 0 Å². The second-order valence-electron chi connectivity index (χ2n) is 8.50. The van der Waals surface area contributed by atoms with E-state index in [1.165, 1.54) is 47.2 Å². The molecule has 0 saturated carbocycles. The van der Waals surface area contributed by atoms with Gasteiger partial charge in [-0.3, -0.25) is 0 Å². The van der Waals surface area contributed by atoms with E-state index in [1.54, 1.807) is 0 Å². The van der Waals surface area contributed by atoms with Crippen molar-refractivity contribution in [3.05, 3.63) is 117 Å². The summed E-state index contributed by atoms with van der Waals surface area (Å²) in [6.45, 7) is 0. The molecule has 4 heteroatoms. The summed E-state index contributed by atoms with van der Waals surface area (Å²) < 4.78 is 7.03. The van der Waals surface area contributed by atoms with Gasteiger partial charge in [0, 0.05) is 25.1 Å². The van der Waals surface area contributed by atoms with Crippen LogP contribution in [0.4, 0.5) is 0 Å². The largest absolute Gasteiger partial charge is 0.308 e. The summed E-state index contributed by atoms with van der Waals surface area (Å²) in [5.41, 5.74) is 7.11. The van der Waals surface area contributed by atoms with Crippen molar-refractivity contribution in [2.45, 2.75) is 0 Å². The van der Waals surface area contributed by atoms with Crippen LogP contribution in [-0.2, 0) is 0 Å². The van der Waals surface area contributed by atoms with E-state index in [0.29, 0.717) is 0 Å². The first-order valence-corrected chi connectivity index (χ1v) is 13.1. The summed E-state index contributed by atoms with van der Waals surface area (Å²) in [5, 5.41) is 5.06. The smallest absolute Gasteiger partial charge is 0.0657 e. The zero-order valence-electron chi connectivity index (χ0n) is 18.0. The number of fused-ring (bicyclic) bond motifs is 6. The molecule has 0 atom stereocenters. The van der Waals surface area contributed by atoms with Crippen LogP contribution in [-0.4, -0.2) is 9.13 Å². The lowest BCUT2D eigenvalue weighted by molar-refractivity contribution is 1.11. The molecule has 0 spiro atoms. The third kappa shape index (κ3) is 2.85. The lowest BCUT2D eigenvalue weighted by atomic mass is 10.2. The zero-order valence-corrected chi connectivity index (χ0v) is 21.8. The molecule has 7 rings (SSSR count). The Morgan fingerprint density at radius 3 is 1.09 bits per heavy atom. The fourth-order valence-corrected chi connectivity index (χ4v) is 6.42. The van der Waals surface area contributed by atoms with Crippen molar-refractivity contribution < 1.29 is 0 Å². The fourth-order valence-electron chi connectivity index (χ4n) is 5.25. The number of aromatic nitrogens is 2.